The molecule has 0 unspecified atom stereocenters. The zero-order chi connectivity index (χ0) is 15.4. The van der Waals surface area contributed by atoms with E-state index in [4.69, 9.17) is 0 Å². The van der Waals surface area contributed by atoms with Crippen LogP contribution in [-0.2, 0) is 6.54 Å². The third-order valence-corrected chi connectivity index (χ3v) is 3.70. The van der Waals surface area contributed by atoms with Crippen molar-refractivity contribution < 1.29 is 4.79 Å². The second-order valence-corrected chi connectivity index (χ2v) is 5.53. The van der Waals surface area contributed by atoms with Gasteiger partial charge in [-0.3, -0.25) is 4.79 Å². The van der Waals surface area contributed by atoms with Crippen LogP contribution in [0.4, 0.5) is 5.82 Å². The number of nitrogens with one attached hydrogen (secondary N) is 1. The van der Waals surface area contributed by atoms with E-state index in [-0.39, 0.29) is 5.91 Å². The van der Waals surface area contributed by atoms with E-state index in [1.165, 1.54) is 12.8 Å². The molecule has 0 aliphatic heterocycles. The van der Waals surface area contributed by atoms with E-state index < -0.39 is 0 Å². The van der Waals surface area contributed by atoms with Crippen LogP contribution in [0.25, 0.3) is 0 Å². The molecule has 114 valence electrons. The molecule has 5 nitrogen and oxygen atoms in total. The lowest BCUT2D eigenvalue weighted by Crippen LogP contribution is -2.31. The van der Waals surface area contributed by atoms with Gasteiger partial charge in [-0.1, -0.05) is 30.3 Å². The van der Waals surface area contributed by atoms with Crippen LogP contribution in [0.2, 0.25) is 0 Å². The maximum absolute atomic E-state index is 12.5. The van der Waals surface area contributed by atoms with Crippen molar-refractivity contribution in [1.82, 2.24) is 15.1 Å². The Kier molecular flexibility index (Phi) is 4.32. The van der Waals surface area contributed by atoms with E-state index in [2.05, 4.69) is 15.5 Å². The Morgan fingerprint density at radius 3 is 2.55 bits per heavy atom. The molecule has 1 aliphatic rings. The quantitative estimate of drug-likeness (QED) is 0.890. The Balaban J connectivity index is 1.67. The van der Waals surface area contributed by atoms with Crippen LogP contribution in [0, 0.1) is 0 Å². The minimum absolute atomic E-state index is 0.0863. The van der Waals surface area contributed by atoms with Crippen molar-refractivity contribution >= 4 is 11.7 Å². The molecule has 0 bridgehead atoms. The topological polar surface area (TPSA) is 58.1 Å². The molecule has 0 spiro atoms. The second-order valence-electron chi connectivity index (χ2n) is 5.53. The van der Waals surface area contributed by atoms with E-state index >= 15 is 0 Å². The Bertz CT molecular complexity index is 623. The summed E-state index contributed by atoms with van der Waals surface area (Å²) in [4.78, 5) is 14.3. The fourth-order valence-electron chi connectivity index (χ4n) is 2.25. The Morgan fingerprint density at radius 1 is 1.18 bits per heavy atom. The summed E-state index contributed by atoms with van der Waals surface area (Å²) in [6.45, 7) is 3.19. The first-order valence-corrected chi connectivity index (χ1v) is 7.69. The molecule has 1 heterocycles. The van der Waals surface area contributed by atoms with Gasteiger partial charge in [0, 0.05) is 19.1 Å². The molecule has 3 rings (SSSR count). The van der Waals surface area contributed by atoms with Crippen molar-refractivity contribution in [3.8, 4) is 0 Å². The number of hydrogen-bond acceptors (Lipinski definition) is 4. The van der Waals surface area contributed by atoms with Gasteiger partial charge < -0.3 is 10.2 Å². The van der Waals surface area contributed by atoms with Gasteiger partial charge in [0.25, 0.3) is 5.91 Å². The van der Waals surface area contributed by atoms with Gasteiger partial charge >= 0.3 is 0 Å². The highest BCUT2D eigenvalue weighted by atomic mass is 16.2. The molecule has 0 saturated heterocycles. The van der Waals surface area contributed by atoms with Crippen molar-refractivity contribution in [1.29, 1.82) is 0 Å². The first-order valence-electron chi connectivity index (χ1n) is 7.69. The van der Waals surface area contributed by atoms with E-state index in [1.54, 1.807) is 11.0 Å². The summed E-state index contributed by atoms with van der Waals surface area (Å²) in [5.41, 5.74) is 1.50. The summed E-state index contributed by atoms with van der Waals surface area (Å²) in [6, 6.07) is 14.1. The largest absolute Gasteiger partial charge is 0.366 e. The molecular formula is C17H20N4O. The molecular weight excluding hydrogens is 276 g/mol. The maximum Gasteiger partial charge on any atom is 0.274 e. The summed E-state index contributed by atoms with van der Waals surface area (Å²) < 4.78 is 0. The van der Waals surface area contributed by atoms with E-state index in [1.807, 2.05) is 43.3 Å². The van der Waals surface area contributed by atoms with Crippen LogP contribution in [0.3, 0.4) is 0 Å². The Morgan fingerprint density at radius 2 is 1.95 bits per heavy atom. The number of carbonyl (C=O) groups excluding carboxylic acids is 1. The van der Waals surface area contributed by atoms with Gasteiger partial charge in [-0.2, -0.15) is 0 Å². The number of rotatable bonds is 6. The van der Waals surface area contributed by atoms with Gasteiger partial charge in [-0.15, -0.1) is 10.2 Å². The van der Waals surface area contributed by atoms with Gasteiger partial charge in [0.15, 0.2) is 5.69 Å². The predicted molar refractivity (Wildman–Crippen MR) is 85.5 cm³/mol. The molecule has 2 aromatic rings. The molecule has 5 heteroatoms. The highest BCUT2D eigenvalue weighted by molar-refractivity contribution is 5.92. The fraction of sp³-hybridized carbons (Fsp3) is 0.353. The highest BCUT2D eigenvalue weighted by Gasteiger charge is 2.22. The van der Waals surface area contributed by atoms with Gasteiger partial charge in [0.2, 0.25) is 0 Å². The van der Waals surface area contributed by atoms with E-state index in [9.17, 15) is 4.79 Å². The molecule has 1 aromatic carbocycles. The minimum atomic E-state index is -0.0863. The maximum atomic E-state index is 12.5. The molecule has 1 aromatic heterocycles. The monoisotopic (exact) mass is 296 g/mol. The summed E-state index contributed by atoms with van der Waals surface area (Å²) >= 11 is 0. The minimum Gasteiger partial charge on any atom is -0.366 e. The molecule has 1 fully saturated rings. The average molecular weight is 296 g/mol. The van der Waals surface area contributed by atoms with Gasteiger partial charge in [0.1, 0.15) is 5.82 Å². The van der Waals surface area contributed by atoms with E-state index in [0.717, 1.165) is 11.4 Å². The summed E-state index contributed by atoms with van der Waals surface area (Å²) in [5.74, 6) is 0.655. The fourth-order valence-corrected chi connectivity index (χ4v) is 2.25. The number of hydrogen-bond donors (Lipinski definition) is 1. The number of carbonyl (C=O) groups is 1. The average Bonchev–Trinajstić information content (AvgIpc) is 3.38. The van der Waals surface area contributed by atoms with Crippen molar-refractivity contribution in [2.75, 3.05) is 11.9 Å². The van der Waals surface area contributed by atoms with Crippen molar-refractivity contribution in [2.45, 2.75) is 32.4 Å². The normalized spacial score (nSPS) is 13.7. The second kappa shape index (κ2) is 6.56. The predicted octanol–water partition coefficient (Wildman–Crippen LogP) is 2.71. The number of nitrogens with zero attached hydrogens (tertiary/aromatic N) is 3. The lowest BCUT2D eigenvalue weighted by Gasteiger charge is -2.20. The summed E-state index contributed by atoms with van der Waals surface area (Å²) in [7, 11) is 0. The summed E-state index contributed by atoms with van der Waals surface area (Å²) in [6.07, 6.45) is 2.37. The molecule has 22 heavy (non-hydrogen) atoms. The van der Waals surface area contributed by atoms with Gasteiger partial charge in [-0.05, 0) is 37.5 Å². The van der Waals surface area contributed by atoms with Gasteiger partial charge in [-0.25, -0.2) is 0 Å². The third-order valence-electron chi connectivity index (χ3n) is 3.70. The molecule has 1 saturated carbocycles. The zero-order valence-corrected chi connectivity index (χ0v) is 12.7. The lowest BCUT2D eigenvalue weighted by atomic mass is 10.2. The Labute approximate surface area is 130 Å². The standard InChI is InChI=1S/C17H20N4O/c1-2-21(12-13-6-4-3-5-7-13)17(22)15-10-11-16(20-19-15)18-14-8-9-14/h3-7,10-11,14H,2,8-9,12H2,1H3,(H,18,20). The number of amides is 1. The smallest absolute Gasteiger partial charge is 0.274 e. The van der Waals surface area contributed by atoms with Crippen LogP contribution < -0.4 is 5.32 Å². The Hall–Kier alpha value is -2.43. The SMILES string of the molecule is CCN(Cc1ccccc1)C(=O)c1ccc(NC2CC2)nn1. The van der Waals surface area contributed by atoms with Crippen molar-refractivity contribution in [3.63, 3.8) is 0 Å². The van der Waals surface area contributed by atoms with Crippen molar-refractivity contribution in [3.05, 3.63) is 53.7 Å². The van der Waals surface area contributed by atoms with E-state index in [0.29, 0.717) is 24.8 Å². The van der Waals surface area contributed by atoms with Crippen LogP contribution >= 0.6 is 0 Å². The summed E-state index contributed by atoms with van der Waals surface area (Å²) in [5, 5.41) is 11.4. The van der Waals surface area contributed by atoms with Crippen molar-refractivity contribution in [2.24, 2.45) is 0 Å². The van der Waals surface area contributed by atoms with Gasteiger partial charge in [0.05, 0.1) is 0 Å². The molecule has 0 radical (unpaired) electrons. The molecule has 1 N–H and O–H groups in total. The van der Waals surface area contributed by atoms with Crippen LogP contribution in [-0.4, -0.2) is 33.6 Å². The van der Waals surface area contributed by atoms with Crippen LogP contribution in [0.5, 0.6) is 0 Å². The molecule has 0 atom stereocenters. The molecule has 1 aliphatic carbocycles. The number of anilines is 1. The zero-order valence-electron chi connectivity index (χ0n) is 12.7. The lowest BCUT2D eigenvalue weighted by molar-refractivity contribution is 0.0745. The number of benzene rings is 1. The van der Waals surface area contributed by atoms with Crippen LogP contribution in [0.1, 0.15) is 35.8 Å². The number of aromatic nitrogens is 2. The van der Waals surface area contributed by atoms with Crippen LogP contribution in [0.15, 0.2) is 42.5 Å². The first kappa shape index (κ1) is 14.5. The molecule has 1 amide bonds. The first-order chi connectivity index (χ1) is 10.8. The highest BCUT2D eigenvalue weighted by Crippen LogP contribution is 2.23. The third kappa shape index (κ3) is 3.61.